The number of fused-ring (bicyclic) bond motifs is 3. The lowest BCUT2D eigenvalue weighted by atomic mass is 9.96. The summed E-state index contributed by atoms with van der Waals surface area (Å²) in [5, 5.41) is 0. The number of para-hydroxylation sites is 2. The number of rotatable bonds is 7. The van der Waals surface area contributed by atoms with E-state index in [9.17, 15) is 9.59 Å². The van der Waals surface area contributed by atoms with Gasteiger partial charge in [0.25, 0.3) is 5.91 Å². The maximum Gasteiger partial charge on any atom is 0.290 e. The zero-order valence-electron chi connectivity index (χ0n) is 20.1. The highest BCUT2D eigenvalue weighted by molar-refractivity contribution is 6.02. The Kier molecular flexibility index (Phi) is 6.27. The molecule has 0 N–H and O–H groups in total. The molecule has 2 aromatic carbocycles. The minimum absolute atomic E-state index is 0.0309. The van der Waals surface area contributed by atoms with Crippen molar-refractivity contribution in [1.82, 2.24) is 9.47 Å². The normalized spacial score (nSPS) is 14.3. The Morgan fingerprint density at radius 3 is 2.54 bits per heavy atom. The number of benzene rings is 2. The number of carbonyl (C=O) groups is 2. The average molecular weight is 468 g/mol. The molecule has 1 unspecified atom stereocenters. The van der Waals surface area contributed by atoms with Gasteiger partial charge in [0.05, 0.1) is 23.3 Å². The number of hydrogen-bond acceptors (Lipinski definition) is 3. The van der Waals surface area contributed by atoms with Crippen LogP contribution in [0.4, 0.5) is 5.69 Å². The molecule has 6 heteroatoms. The molecule has 0 spiro atoms. The quantitative estimate of drug-likeness (QED) is 0.347. The van der Waals surface area contributed by atoms with E-state index in [2.05, 4.69) is 42.7 Å². The first-order valence-electron chi connectivity index (χ1n) is 12.1. The summed E-state index contributed by atoms with van der Waals surface area (Å²) in [6.07, 6.45) is 5.24. The summed E-state index contributed by atoms with van der Waals surface area (Å²) in [5.74, 6) is -0.151. The Labute approximate surface area is 205 Å². The summed E-state index contributed by atoms with van der Waals surface area (Å²) in [7, 11) is 0. The van der Waals surface area contributed by atoms with Crippen molar-refractivity contribution in [2.75, 3.05) is 18.0 Å². The molecule has 3 heterocycles. The van der Waals surface area contributed by atoms with E-state index in [0.29, 0.717) is 6.54 Å². The topological polar surface area (TPSA) is 58.7 Å². The van der Waals surface area contributed by atoms with E-state index in [0.717, 1.165) is 41.0 Å². The van der Waals surface area contributed by atoms with Crippen LogP contribution in [-0.2, 0) is 4.79 Å². The second kappa shape index (κ2) is 9.66. The molecule has 2 amide bonds. The molecule has 0 aliphatic carbocycles. The average Bonchev–Trinajstić information content (AvgIpc) is 3.58. The van der Waals surface area contributed by atoms with Gasteiger partial charge in [0.2, 0.25) is 5.91 Å². The molecule has 0 bridgehead atoms. The molecule has 0 saturated heterocycles. The molecular weight excluding hydrogens is 438 g/mol. The number of carbonyl (C=O) groups excluding carboxylic acids is 2. The first-order valence-corrected chi connectivity index (χ1v) is 12.1. The molecule has 0 fully saturated rings. The summed E-state index contributed by atoms with van der Waals surface area (Å²) in [5.41, 5.74) is 4.95. The molecule has 1 aliphatic heterocycles. The van der Waals surface area contributed by atoms with Gasteiger partial charge in [-0.2, -0.15) is 0 Å². The van der Waals surface area contributed by atoms with Gasteiger partial charge in [0, 0.05) is 12.7 Å². The number of aromatic nitrogens is 1. The second-order valence-corrected chi connectivity index (χ2v) is 8.93. The Morgan fingerprint density at radius 1 is 0.971 bits per heavy atom. The van der Waals surface area contributed by atoms with Crippen LogP contribution in [0.25, 0.3) is 5.69 Å². The van der Waals surface area contributed by atoms with Crippen LogP contribution in [-0.4, -0.2) is 34.4 Å². The second-order valence-electron chi connectivity index (χ2n) is 8.93. The van der Waals surface area contributed by atoms with Gasteiger partial charge in [-0.25, -0.2) is 0 Å². The fraction of sp³-hybridized carbons (Fsp3) is 0.241. The Bertz CT molecular complexity index is 1340. The molecule has 5 rings (SSSR count). The summed E-state index contributed by atoms with van der Waals surface area (Å²) in [4.78, 5) is 30.7. The number of amides is 2. The number of nitrogens with zero attached hydrogens (tertiary/aromatic N) is 3. The van der Waals surface area contributed by atoms with E-state index in [4.69, 9.17) is 4.42 Å². The standard InChI is InChI=1S/C29H29N3O3/c1-3-4-16-30(29(34)26-15-9-18-35-26)20-27(33)32-24-13-6-5-12-23(24)31-17-8-14-25(31)28(32)22-11-7-10-21(2)19-22/h5-15,17-19,28H,3-4,16,20H2,1-2H3. The first kappa shape index (κ1) is 22.7. The van der Waals surface area contributed by atoms with Crippen LogP contribution in [0.2, 0.25) is 0 Å². The largest absolute Gasteiger partial charge is 0.459 e. The van der Waals surface area contributed by atoms with E-state index >= 15 is 0 Å². The van der Waals surface area contributed by atoms with E-state index in [1.807, 2.05) is 47.5 Å². The van der Waals surface area contributed by atoms with Gasteiger partial charge in [-0.05, 0) is 55.3 Å². The number of aryl methyl sites for hydroxylation is 1. The summed E-state index contributed by atoms with van der Waals surface area (Å²) < 4.78 is 7.51. The van der Waals surface area contributed by atoms with Crippen LogP contribution >= 0.6 is 0 Å². The Hall–Kier alpha value is -4.06. The number of anilines is 1. The predicted molar refractivity (Wildman–Crippen MR) is 136 cm³/mol. The fourth-order valence-corrected chi connectivity index (χ4v) is 4.81. The van der Waals surface area contributed by atoms with Gasteiger partial charge in [-0.15, -0.1) is 0 Å². The minimum atomic E-state index is -0.306. The molecule has 2 aromatic heterocycles. The summed E-state index contributed by atoms with van der Waals surface area (Å²) in [6.45, 7) is 4.58. The van der Waals surface area contributed by atoms with Crippen LogP contribution in [0.15, 0.2) is 89.7 Å². The lowest BCUT2D eigenvalue weighted by Gasteiger charge is -2.39. The monoisotopic (exact) mass is 467 g/mol. The van der Waals surface area contributed by atoms with Gasteiger partial charge < -0.3 is 13.9 Å². The van der Waals surface area contributed by atoms with Crippen molar-refractivity contribution in [2.45, 2.75) is 32.7 Å². The Balaban J connectivity index is 1.57. The smallest absolute Gasteiger partial charge is 0.290 e. The molecule has 178 valence electrons. The SMILES string of the molecule is CCCCN(CC(=O)N1c2ccccc2-n2cccc2C1c1cccc(C)c1)C(=O)c1ccco1. The van der Waals surface area contributed by atoms with Gasteiger partial charge in [-0.3, -0.25) is 14.5 Å². The highest BCUT2D eigenvalue weighted by Crippen LogP contribution is 2.42. The van der Waals surface area contributed by atoms with Crippen molar-refractivity contribution in [2.24, 2.45) is 0 Å². The minimum Gasteiger partial charge on any atom is -0.459 e. The predicted octanol–water partition coefficient (Wildman–Crippen LogP) is 5.76. The van der Waals surface area contributed by atoms with E-state index in [1.165, 1.54) is 6.26 Å². The van der Waals surface area contributed by atoms with Gasteiger partial charge >= 0.3 is 0 Å². The Morgan fingerprint density at radius 2 is 1.80 bits per heavy atom. The highest BCUT2D eigenvalue weighted by atomic mass is 16.3. The van der Waals surface area contributed by atoms with Crippen LogP contribution in [0.5, 0.6) is 0 Å². The van der Waals surface area contributed by atoms with E-state index in [1.54, 1.807) is 17.0 Å². The third-order valence-corrected chi connectivity index (χ3v) is 6.47. The fourth-order valence-electron chi connectivity index (χ4n) is 4.81. The molecule has 4 aromatic rings. The lowest BCUT2D eigenvalue weighted by molar-refractivity contribution is -0.119. The van der Waals surface area contributed by atoms with Crippen LogP contribution < -0.4 is 4.90 Å². The first-order chi connectivity index (χ1) is 17.1. The molecule has 35 heavy (non-hydrogen) atoms. The zero-order valence-corrected chi connectivity index (χ0v) is 20.1. The van der Waals surface area contributed by atoms with Gasteiger partial charge in [0.15, 0.2) is 5.76 Å². The number of unbranched alkanes of at least 4 members (excludes halogenated alkanes) is 1. The van der Waals surface area contributed by atoms with E-state index in [-0.39, 0.29) is 30.2 Å². The molecule has 0 saturated carbocycles. The number of furan rings is 1. The summed E-state index contributed by atoms with van der Waals surface area (Å²) in [6, 6.07) is 23.3. The molecule has 0 radical (unpaired) electrons. The van der Waals surface area contributed by atoms with Crippen LogP contribution in [0, 0.1) is 6.92 Å². The van der Waals surface area contributed by atoms with Crippen LogP contribution in [0.3, 0.4) is 0 Å². The molecule has 1 atom stereocenters. The van der Waals surface area contributed by atoms with Crippen molar-refractivity contribution >= 4 is 17.5 Å². The highest BCUT2D eigenvalue weighted by Gasteiger charge is 2.37. The number of hydrogen-bond donors (Lipinski definition) is 0. The van der Waals surface area contributed by atoms with E-state index < -0.39 is 0 Å². The lowest BCUT2D eigenvalue weighted by Crippen LogP contribution is -2.47. The molecule has 6 nitrogen and oxygen atoms in total. The molecular formula is C29H29N3O3. The third-order valence-electron chi connectivity index (χ3n) is 6.47. The molecule has 1 aliphatic rings. The van der Waals surface area contributed by atoms with Gasteiger partial charge in [-0.1, -0.05) is 55.3 Å². The van der Waals surface area contributed by atoms with Crippen molar-refractivity contribution in [1.29, 1.82) is 0 Å². The van der Waals surface area contributed by atoms with Crippen molar-refractivity contribution < 1.29 is 14.0 Å². The van der Waals surface area contributed by atoms with Crippen molar-refractivity contribution in [3.05, 3.63) is 108 Å². The maximum absolute atomic E-state index is 14.1. The zero-order chi connectivity index (χ0) is 24.4. The van der Waals surface area contributed by atoms with Crippen molar-refractivity contribution in [3.63, 3.8) is 0 Å². The van der Waals surface area contributed by atoms with Crippen LogP contribution in [0.1, 0.15) is 53.2 Å². The summed E-state index contributed by atoms with van der Waals surface area (Å²) >= 11 is 0. The van der Waals surface area contributed by atoms with Gasteiger partial charge in [0.1, 0.15) is 12.6 Å². The third kappa shape index (κ3) is 4.28. The van der Waals surface area contributed by atoms with Crippen molar-refractivity contribution in [3.8, 4) is 5.69 Å². The maximum atomic E-state index is 14.1.